The fourth-order valence-corrected chi connectivity index (χ4v) is 6.51. The predicted octanol–water partition coefficient (Wildman–Crippen LogP) is 7.61. The van der Waals surface area contributed by atoms with E-state index in [-0.39, 0.29) is 18.6 Å². The van der Waals surface area contributed by atoms with Crippen LogP contribution in [-0.4, -0.2) is 71.4 Å². The molecule has 290 valence electrons. The maximum Gasteiger partial charge on any atom is 0.330 e. The summed E-state index contributed by atoms with van der Waals surface area (Å²) in [6, 6.07) is 1.03. The lowest BCUT2D eigenvalue weighted by Crippen LogP contribution is -2.43. The molecule has 2 rings (SSSR count). The highest BCUT2D eigenvalue weighted by atomic mass is 31.2. The largest absolute Gasteiger partial charge is 0.387 e. The summed E-state index contributed by atoms with van der Waals surface area (Å²) in [6.07, 6.45) is 30.7. The lowest BCUT2D eigenvalue weighted by Gasteiger charge is -2.24. The van der Waals surface area contributed by atoms with E-state index in [9.17, 15) is 24.1 Å². The summed E-state index contributed by atoms with van der Waals surface area (Å²) in [6.45, 7) is 3.39. The van der Waals surface area contributed by atoms with Crippen molar-refractivity contribution in [3.63, 3.8) is 0 Å². The first-order valence-electron chi connectivity index (χ1n) is 18.2. The van der Waals surface area contributed by atoms with Crippen molar-refractivity contribution < 1.29 is 37.4 Å². The SMILES string of the molecule is CC/C=C\C/C=C\C/C=C\C/C=C\C/C=C\C/C=C\CCC(=O)CCCOCCCP(=O)(OC)OC[C@H]1O[C@@H](n2ccc(=O)[nH]c2=O)[C@](C)(F)[C@@H]1O. The van der Waals surface area contributed by atoms with E-state index in [2.05, 4.69) is 73.8 Å². The molecule has 2 heterocycles. The first-order chi connectivity index (χ1) is 25.0. The predicted molar refractivity (Wildman–Crippen MR) is 203 cm³/mol. The minimum Gasteiger partial charge on any atom is -0.387 e. The Bertz CT molecular complexity index is 1530. The normalized spacial score (nSPS) is 22.4. The molecule has 1 aliphatic rings. The van der Waals surface area contributed by atoms with Crippen molar-refractivity contribution in [1.29, 1.82) is 0 Å². The molecule has 0 aromatic carbocycles. The molecule has 52 heavy (non-hydrogen) atoms. The lowest BCUT2D eigenvalue weighted by atomic mass is 9.98. The molecule has 1 aliphatic heterocycles. The minimum atomic E-state index is -3.62. The molecule has 0 spiro atoms. The fraction of sp³-hybridized carbons (Fsp3) is 0.564. The number of aromatic amines is 1. The minimum absolute atomic E-state index is 0.00685. The molecule has 1 saturated heterocycles. The average Bonchev–Trinajstić information content (AvgIpc) is 3.34. The molecule has 1 aromatic rings. The van der Waals surface area contributed by atoms with Crippen LogP contribution in [0.15, 0.2) is 94.8 Å². The number of hydrogen-bond donors (Lipinski definition) is 2. The Morgan fingerprint density at radius 1 is 0.942 bits per heavy atom. The molecule has 0 radical (unpaired) electrons. The van der Waals surface area contributed by atoms with E-state index in [0.717, 1.165) is 62.3 Å². The molecule has 1 unspecified atom stereocenters. The van der Waals surface area contributed by atoms with Gasteiger partial charge in [-0.3, -0.25) is 23.7 Å². The van der Waals surface area contributed by atoms with Crippen LogP contribution in [0.3, 0.4) is 0 Å². The highest BCUT2D eigenvalue weighted by Gasteiger charge is 2.55. The number of nitrogens with zero attached hydrogens (tertiary/aromatic N) is 1. The van der Waals surface area contributed by atoms with Crippen molar-refractivity contribution in [2.45, 2.75) is 109 Å². The summed E-state index contributed by atoms with van der Waals surface area (Å²) in [7, 11) is -2.40. The van der Waals surface area contributed by atoms with Gasteiger partial charge in [-0.25, -0.2) is 9.18 Å². The molecule has 2 N–H and O–H groups in total. The van der Waals surface area contributed by atoms with Crippen molar-refractivity contribution in [3.05, 3.63) is 106 Å². The van der Waals surface area contributed by atoms with Gasteiger partial charge in [-0.1, -0.05) is 79.8 Å². The van der Waals surface area contributed by atoms with Crippen molar-refractivity contribution in [3.8, 4) is 0 Å². The molecule has 0 bridgehead atoms. The van der Waals surface area contributed by atoms with Gasteiger partial charge >= 0.3 is 13.3 Å². The summed E-state index contributed by atoms with van der Waals surface area (Å²) in [4.78, 5) is 37.7. The molecule has 13 heteroatoms. The summed E-state index contributed by atoms with van der Waals surface area (Å²) >= 11 is 0. The summed E-state index contributed by atoms with van der Waals surface area (Å²) in [5, 5.41) is 10.5. The quantitative estimate of drug-likeness (QED) is 0.0527. The zero-order valence-corrected chi connectivity index (χ0v) is 31.8. The Morgan fingerprint density at radius 2 is 1.50 bits per heavy atom. The molecular weight excluding hydrogens is 690 g/mol. The number of carbonyl (C=O) groups is 1. The van der Waals surface area contributed by atoms with Crippen LogP contribution in [0, 0.1) is 0 Å². The maximum atomic E-state index is 15.4. The number of aliphatic hydroxyl groups is 1. The van der Waals surface area contributed by atoms with E-state index in [1.165, 1.54) is 7.11 Å². The van der Waals surface area contributed by atoms with Gasteiger partial charge in [-0.05, 0) is 64.7 Å². The van der Waals surface area contributed by atoms with Gasteiger partial charge in [-0.15, -0.1) is 0 Å². The number of aliphatic hydroxyl groups excluding tert-OH is 1. The van der Waals surface area contributed by atoms with Crippen molar-refractivity contribution >= 4 is 13.4 Å². The zero-order chi connectivity index (χ0) is 38.1. The Morgan fingerprint density at radius 3 is 2.06 bits per heavy atom. The first kappa shape index (κ1) is 44.9. The zero-order valence-electron chi connectivity index (χ0n) is 30.9. The second-order valence-electron chi connectivity index (χ2n) is 12.5. The van der Waals surface area contributed by atoms with E-state index in [4.69, 9.17) is 18.5 Å². The number of ketones is 1. The van der Waals surface area contributed by atoms with Gasteiger partial charge in [-0.2, -0.15) is 0 Å². The monoisotopic (exact) mass is 748 g/mol. The highest BCUT2D eigenvalue weighted by molar-refractivity contribution is 7.53. The van der Waals surface area contributed by atoms with E-state index in [1.807, 2.05) is 11.1 Å². The Kier molecular flexibility index (Phi) is 22.2. The van der Waals surface area contributed by atoms with Gasteiger partial charge in [0.2, 0.25) is 0 Å². The second kappa shape index (κ2) is 25.7. The number of allylic oxidation sites excluding steroid dienone is 12. The Labute approximate surface area is 307 Å². The average molecular weight is 749 g/mol. The number of Topliss-reactive ketones (excluding diaryl/α,β-unsaturated/α-hetero) is 1. The third-order valence-corrected chi connectivity index (χ3v) is 10.1. The smallest absolute Gasteiger partial charge is 0.330 e. The number of H-pyrrole nitrogens is 1. The van der Waals surface area contributed by atoms with Gasteiger partial charge in [0.05, 0.1) is 12.8 Å². The van der Waals surface area contributed by atoms with Gasteiger partial charge < -0.3 is 23.6 Å². The standard InChI is InChI=1S/C39H58FN2O9P/c1-4-5-6-7-8-9-10-11-12-13-14-15-16-17-18-19-20-21-22-25-33(43)26-23-29-49-30-24-31-52(47,48-3)50-32-34-36(45)39(2,40)37(51-34)42-28-27-35(44)41-38(42)46/h5-6,8-9,11-12,14-15,17-18,20-21,27-28,34,36-37,45H,4,7,10,13,16,19,22-26,29-32H2,1-3H3,(H,41,44,46)/b6-5-,9-8-,12-11-,15-14-,18-17-,21-20-/t34-,36-,37-,39-,52?/m1/s1. The maximum absolute atomic E-state index is 15.4. The van der Waals surface area contributed by atoms with E-state index >= 15 is 4.39 Å². The Balaban J connectivity index is 1.51. The van der Waals surface area contributed by atoms with Crippen LogP contribution in [0.2, 0.25) is 0 Å². The van der Waals surface area contributed by atoms with E-state index in [0.29, 0.717) is 38.7 Å². The molecule has 0 saturated carbocycles. The molecule has 5 atom stereocenters. The van der Waals surface area contributed by atoms with Crippen LogP contribution < -0.4 is 11.2 Å². The van der Waals surface area contributed by atoms with Crippen LogP contribution in [-0.2, 0) is 27.9 Å². The van der Waals surface area contributed by atoms with Gasteiger partial charge in [0.1, 0.15) is 18.0 Å². The number of hydrogen-bond acceptors (Lipinski definition) is 9. The first-order valence-corrected chi connectivity index (χ1v) is 19.9. The van der Waals surface area contributed by atoms with Gasteiger partial charge in [0.25, 0.3) is 5.56 Å². The third-order valence-electron chi connectivity index (χ3n) is 8.19. The fourth-order valence-electron chi connectivity index (χ4n) is 5.20. The molecule has 11 nitrogen and oxygen atoms in total. The van der Waals surface area contributed by atoms with Crippen molar-refractivity contribution in [2.24, 2.45) is 0 Å². The molecule has 1 aromatic heterocycles. The third kappa shape index (κ3) is 17.5. The van der Waals surface area contributed by atoms with Crippen molar-refractivity contribution in [2.75, 3.05) is 33.1 Å². The molecule has 0 amide bonds. The number of nitrogens with one attached hydrogen (secondary N) is 1. The molecule has 1 fully saturated rings. The van der Waals surface area contributed by atoms with Crippen molar-refractivity contribution in [1.82, 2.24) is 9.55 Å². The number of alkyl halides is 1. The van der Waals surface area contributed by atoms with Crippen LogP contribution in [0.25, 0.3) is 0 Å². The number of halogens is 1. The molecular formula is C39H58FN2O9P. The number of ether oxygens (including phenoxy) is 2. The van der Waals surface area contributed by atoms with Crippen LogP contribution in [0.1, 0.15) is 90.7 Å². The van der Waals surface area contributed by atoms with Gasteiger partial charge in [0.15, 0.2) is 11.9 Å². The molecule has 0 aliphatic carbocycles. The second-order valence-corrected chi connectivity index (χ2v) is 14.8. The van der Waals surface area contributed by atoms with E-state index < -0.39 is 49.6 Å². The summed E-state index contributed by atoms with van der Waals surface area (Å²) in [5.41, 5.74) is -3.97. The lowest BCUT2D eigenvalue weighted by molar-refractivity contribution is -0.119. The summed E-state index contributed by atoms with van der Waals surface area (Å²) < 4.78 is 50.9. The summed E-state index contributed by atoms with van der Waals surface area (Å²) in [5.74, 6) is 0.175. The highest BCUT2D eigenvalue weighted by Crippen LogP contribution is 2.49. The van der Waals surface area contributed by atoms with Crippen LogP contribution in [0.5, 0.6) is 0 Å². The van der Waals surface area contributed by atoms with Crippen LogP contribution in [0.4, 0.5) is 4.39 Å². The van der Waals surface area contributed by atoms with Crippen LogP contribution >= 0.6 is 7.60 Å². The van der Waals surface area contributed by atoms with Gasteiger partial charge in [0, 0.05) is 45.4 Å². The number of rotatable bonds is 27. The number of carbonyl (C=O) groups excluding carboxylic acids is 1. The Hall–Kier alpha value is -3.25. The van der Waals surface area contributed by atoms with E-state index in [1.54, 1.807) is 0 Å². The topological polar surface area (TPSA) is 146 Å². The number of aromatic nitrogens is 2.